The third-order valence-electron chi connectivity index (χ3n) is 2.45. The van der Waals surface area contributed by atoms with Gasteiger partial charge in [-0.2, -0.15) is 5.10 Å². The Morgan fingerprint density at radius 1 is 1.41 bits per heavy atom. The number of hydrogen-bond acceptors (Lipinski definition) is 3. The summed E-state index contributed by atoms with van der Waals surface area (Å²) in [5.74, 6) is 0.881. The standard InChI is InChI=1S/C12H14BrN3S/c1-3-16-10(12(13)9(2)15-16)8-17-11-6-4-5-7-14-11/h4-7H,3,8H2,1-2H3. The van der Waals surface area contributed by atoms with Gasteiger partial charge in [0, 0.05) is 18.5 Å². The van der Waals surface area contributed by atoms with Gasteiger partial charge in [0.25, 0.3) is 0 Å². The van der Waals surface area contributed by atoms with Crippen LogP contribution in [0.15, 0.2) is 33.9 Å². The van der Waals surface area contributed by atoms with Gasteiger partial charge in [-0.25, -0.2) is 4.98 Å². The first-order valence-corrected chi connectivity index (χ1v) is 7.25. The highest BCUT2D eigenvalue weighted by Crippen LogP contribution is 2.27. The average molecular weight is 312 g/mol. The molecule has 0 saturated heterocycles. The molecular weight excluding hydrogens is 298 g/mol. The van der Waals surface area contributed by atoms with Crippen LogP contribution in [-0.4, -0.2) is 14.8 Å². The molecule has 0 aliphatic rings. The second-order valence-electron chi connectivity index (χ2n) is 3.62. The van der Waals surface area contributed by atoms with E-state index >= 15 is 0 Å². The predicted octanol–water partition coefficient (Wildman–Crippen LogP) is 3.66. The third kappa shape index (κ3) is 2.90. The minimum Gasteiger partial charge on any atom is -0.268 e. The summed E-state index contributed by atoms with van der Waals surface area (Å²) < 4.78 is 3.15. The van der Waals surface area contributed by atoms with Crippen LogP contribution >= 0.6 is 27.7 Å². The Labute approximate surface area is 114 Å². The number of pyridine rings is 1. The first kappa shape index (κ1) is 12.6. The van der Waals surface area contributed by atoms with Crippen molar-refractivity contribution < 1.29 is 0 Å². The van der Waals surface area contributed by atoms with Crippen molar-refractivity contribution in [2.75, 3.05) is 0 Å². The maximum atomic E-state index is 4.48. The normalized spacial score (nSPS) is 10.8. The summed E-state index contributed by atoms with van der Waals surface area (Å²) in [5, 5.41) is 5.52. The Hall–Kier alpha value is -0.810. The number of aromatic nitrogens is 3. The molecule has 2 aromatic heterocycles. The molecule has 0 bridgehead atoms. The molecule has 0 fully saturated rings. The molecule has 0 radical (unpaired) electrons. The minimum absolute atomic E-state index is 0.881. The summed E-state index contributed by atoms with van der Waals surface area (Å²) >= 11 is 5.33. The molecule has 3 nitrogen and oxygen atoms in total. The zero-order chi connectivity index (χ0) is 12.3. The van der Waals surface area contributed by atoms with Crippen molar-refractivity contribution in [3.63, 3.8) is 0 Å². The average Bonchev–Trinajstić information content (AvgIpc) is 2.64. The van der Waals surface area contributed by atoms with Crippen LogP contribution in [0.2, 0.25) is 0 Å². The van der Waals surface area contributed by atoms with Crippen LogP contribution in [0.1, 0.15) is 18.3 Å². The molecule has 5 heteroatoms. The van der Waals surface area contributed by atoms with Crippen LogP contribution in [-0.2, 0) is 12.3 Å². The topological polar surface area (TPSA) is 30.7 Å². The summed E-state index contributed by atoms with van der Waals surface area (Å²) in [5.41, 5.74) is 2.27. The lowest BCUT2D eigenvalue weighted by atomic mass is 10.4. The fourth-order valence-electron chi connectivity index (χ4n) is 1.58. The number of hydrogen-bond donors (Lipinski definition) is 0. The van der Waals surface area contributed by atoms with Crippen molar-refractivity contribution in [3.05, 3.63) is 40.3 Å². The van der Waals surface area contributed by atoms with Gasteiger partial charge in [-0.3, -0.25) is 4.68 Å². The van der Waals surface area contributed by atoms with Gasteiger partial charge in [0.1, 0.15) is 0 Å². The highest BCUT2D eigenvalue weighted by Gasteiger charge is 2.12. The molecule has 2 heterocycles. The first-order chi connectivity index (χ1) is 8.22. The SMILES string of the molecule is CCn1nc(C)c(Br)c1CSc1ccccn1. The molecule has 0 spiro atoms. The summed E-state index contributed by atoms with van der Waals surface area (Å²) in [6.07, 6.45) is 1.82. The summed E-state index contributed by atoms with van der Waals surface area (Å²) in [6.45, 7) is 5.02. The highest BCUT2D eigenvalue weighted by molar-refractivity contribution is 9.10. The van der Waals surface area contributed by atoms with E-state index in [1.165, 1.54) is 5.69 Å². The monoisotopic (exact) mass is 311 g/mol. The van der Waals surface area contributed by atoms with Gasteiger partial charge >= 0.3 is 0 Å². The van der Waals surface area contributed by atoms with Gasteiger partial charge in [0.15, 0.2) is 0 Å². The molecule has 2 aromatic rings. The van der Waals surface area contributed by atoms with Gasteiger partial charge < -0.3 is 0 Å². The molecule has 90 valence electrons. The van der Waals surface area contributed by atoms with Crippen molar-refractivity contribution in [2.24, 2.45) is 0 Å². The number of nitrogens with zero attached hydrogens (tertiary/aromatic N) is 3. The molecule has 0 aliphatic heterocycles. The molecule has 0 saturated carbocycles. The third-order valence-corrected chi connectivity index (χ3v) is 4.43. The number of halogens is 1. The maximum Gasteiger partial charge on any atom is 0.0963 e. The van der Waals surface area contributed by atoms with E-state index in [2.05, 4.69) is 32.9 Å². The Morgan fingerprint density at radius 3 is 2.88 bits per heavy atom. The Balaban J connectivity index is 2.14. The van der Waals surface area contributed by atoms with E-state index in [4.69, 9.17) is 0 Å². The van der Waals surface area contributed by atoms with E-state index in [-0.39, 0.29) is 0 Å². The lowest BCUT2D eigenvalue weighted by Gasteiger charge is -2.04. The largest absolute Gasteiger partial charge is 0.268 e. The summed E-state index contributed by atoms with van der Waals surface area (Å²) in [4.78, 5) is 4.30. The van der Waals surface area contributed by atoms with Crippen molar-refractivity contribution >= 4 is 27.7 Å². The van der Waals surface area contributed by atoms with Gasteiger partial charge in [0.2, 0.25) is 0 Å². The second-order valence-corrected chi connectivity index (χ2v) is 5.41. The van der Waals surface area contributed by atoms with Crippen molar-refractivity contribution in [3.8, 4) is 0 Å². The van der Waals surface area contributed by atoms with Crippen LogP contribution in [0.25, 0.3) is 0 Å². The molecule has 0 unspecified atom stereocenters. The lowest BCUT2D eigenvalue weighted by molar-refractivity contribution is 0.631. The quantitative estimate of drug-likeness (QED) is 0.807. The number of rotatable bonds is 4. The van der Waals surface area contributed by atoms with Crippen LogP contribution in [0.3, 0.4) is 0 Å². The summed E-state index contributed by atoms with van der Waals surface area (Å²) in [6, 6.07) is 5.96. The van der Waals surface area contributed by atoms with Gasteiger partial charge in [-0.15, -0.1) is 11.8 Å². The van der Waals surface area contributed by atoms with Crippen molar-refractivity contribution in [2.45, 2.75) is 31.2 Å². The van der Waals surface area contributed by atoms with Crippen LogP contribution in [0, 0.1) is 6.92 Å². The van der Waals surface area contributed by atoms with Gasteiger partial charge in [-0.1, -0.05) is 6.07 Å². The zero-order valence-electron chi connectivity index (χ0n) is 9.85. The fraction of sp³-hybridized carbons (Fsp3) is 0.333. The highest BCUT2D eigenvalue weighted by atomic mass is 79.9. The molecule has 0 N–H and O–H groups in total. The van der Waals surface area contributed by atoms with E-state index in [0.717, 1.165) is 27.5 Å². The Kier molecular flexibility index (Phi) is 4.23. The molecule has 0 atom stereocenters. The van der Waals surface area contributed by atoms with Crippen molar-refractivity contribution in [1.29, 1.82) is 0 Å². The van der Waals surface area contributed by atoms with Crippen LogP contribution in [0.4, 0.5) is 0 Å². The minimum atomic E-state index is 0.881. The smallest absolute Gasteiger partial charge is 0.0963 e. The van der Waals surface area contributed by atoms with E-state index in [1.807, 2.05) is 36.0 Å². The van der Waals surface area contributed by atoms with Crippen LogP contribution < -0.4 is 0 Å². The second kappa shape index (κ2) is 5.69. The van der Waals surface area contributed by atoms with Crippen molar-refractivity contribution in [1.82, 2.24) is 14.8 Å². The lowest BCUT2D eigenvalue weighted by Crippen LogP contribution is -2.01. The Morgan fingerprint density at radius 2 is 2.24 bits per heavy atom. The van der Waals surface area contributed by atoms with E-state index in [9.17, 15) is 0 Å². The molecule has 0 aromatic carbocycles. The van der Waals surface area contributed by atoms with E-state index in [0.29, 0.717) is 0 Å². The van der Waals surface area contributed by atoms with Crippen LogP contribution in [0.5, 0.6) is 0 Å². The molecule has 0 aliphatic carbocycles. The summed E-state index contributed by atoms with van der Waals surface area (Å²) in [7, 11) is 0. The zero-order valence-corrected chi connectivity index (χ0v) is 12.3. The molecular formula is C12H14BrN3S. The predicted molar refractivity (Wildman–Crippen MR) is 74.1 cm³/mol. The van der Waals surface area contributed by atoms with E-state index in [1.54, 1.807) is 11.8 Å². The van der Waals surface area contributed by atoms with Gasteiger partial charge in [0.05, 0.1) is 20.9 Å². The first-order valence-electron chi connectivity index (χ1n) is 5.48. The fourth-order valence-corrected chi connectivity index (χ4v) is 3.08. The number of thioether (sulfide) groups is 1. The maximum absolute atomic E-state index is 4.48. The Bertz CT molecular complexity index is 496. The number of aryl methyl sites for hydroxylation is 2. The molecule has 0 amide bonds. The molecule has 2 rings (SSSR count). The molecule has 17 heavy (non-hydrogen) atoms. The van der Waals surface area contributed by atoms with E-state index < -0.39 is 0 Å². The van der Waals surface area contributed by atoms with Gasteiger partial charge in [-0.05, 0) is 41.9 Å².